The van der Waals surface area contributed by atoms with Gasteiger partial charge >= 0.3 is 10.3 Å². The number of aromatic nitrogens is 2. The first kappa shape index (κ1) is 25.0. The van der Waals surface area contributed by atoms with Crippen LogP contribution < -0.4 is 10.0 Å². The highest BCUT2D eigenvalue weighted by Crippen LogP contribution is 2.36. The molecule has 1 fully saturated rings. The molecular formula is C19H25ClN4O6S2. The largest absolute Gasteiger partial charge is 0.390 e. The van der Waals surface area contributed by atoms with Gasteiger partial charge in [-0.25, -0.2) is 9.97 Å². The zero-order valence-electron chi connectivity index (χ0n) is 17.6. The molecule has 3 rings (SSSR count). The summed E-state index contributed by atoms with van der Waals surface area (Å²) in [4.78, 5) is 21.6. The van der Waals surface area contributed by atoms with E-state index < -0.39 is 28.6 Å². The maximum Gasteiger partial charge on any atom is 0.335 e. The van der Waals surface area contributed by atoms with E-state index in [4.69, 9.17) is 15.8 Å². The maximum atomic E-state index is 13.1. The van der Waals surface area contributed by atoms with Crippen LogP contribution in [0.15, 0.2) is 18.6 Å². The van der Waals surface area contributed by atoms with Crippen molar-refractivity contribution in [3.05, 3.63) is 38.9 Å². The first-order chi connectivity index (χ1) is 15.0. The standard InChI is InChI=1S/C19H25ClN4O6S2/c1-9(2)16(26)11-6-15(31-18(11)20)17(27)12-7-22-8-23-19(12)24-10-4-13(25)14(5-10)30-32(28,29)21-3/h6-10,13-14,16,21,25-26H,4-5H2,1-3H3,(H,22,23,24)/t10-,13+,14-,16+/m1/s1. The summed E-state index contributed by atoms with van der Waals surface area (Å²) in [6, 6.07) is 1.19. The number of rotatable bonds is 9. The smallest absolute Gasteiger partial charge is 0.335 e. The van der Waals surface area contributed by atoms with Crippen molar-refractivity contribution in [2.24, 2.45) is 5.92 Å². The molecule has 13 heteroatoms. The van der Waals surface area contributed by atoms with E-state index >= 15 is 0 Å². The molecule has 0 aliphatic heterocycles. The molecule has 0 saturated heterocycles. The van der Waals surface area contributed by atoms with Crippen LogP contribution in [0.2, 0.25) is 4.34 Å². The number of aliphatic hydroxyl groups is 2. The number of hydrogen-bond donors (Lipinski definition) is 4. The van der Waals surface area contributed by atoms with Crippen molar-refractivity contribution in [1.29, 1.82) is 0 Å². The first-order valence-electron chi connectivity index (χ1n) is 9.90. The molecule has 0 radical (unpaired) electrons. The summed E-state index contributed by atoms with van der Waals surface area (Å²) < 4.78 is 30.6. The predicted molar refractivity (Wildman–Crippen MR) is 120 cm³/mol. The van der Waals surface area contributed by atoms with Gasteiger partial charge in [-0.3, -0.25) is 8.98 Å². The Morgan fingerprint density at radius 1 is 1.38 bits per heavy atom. The second-order valence-corrected chi connectivity index (χ2v) is 11.0. The van der Waals surface area contributed by atoms with Crippen LogP contribution in [0, 0.1) is 5.92 Å². The third kappa shape index (κ3) is 5.63. The van der Waals surface area contributed by atoms with Crippen LogP contribution in [0.25, 0.3) is 0 Å². The van der Waals surface area contributed by atoms with E-state index in [1.54, 1.807) is 6.07 Å². The Morgan fingerprint density at radius 2 is 2.09 bits per heavy atom. The number of nitrogens with zero attached hydrogens (tertiary/aromatic N) is 2. The molecule has 2 heterocycles. The van der Waals surface area contributed by atoms with E-state index in [1.807, 2.05) is 18.6 Å². The Balaban J connectivity index is 1.79. The summed E-state index contributed by atoms with van der Waals surface area (Å²) in [6.07, 6.45) is 0.311. The first-order valence-corrected chi connectivity index (χ1v) is 12.5. The predicted octanol–water partition coefficient (Wildman–Crippen LogP) is 1.90. The van der Waals surface area contributed by atoms with E-state index in [0.717, 1.165) is 11.3 Å². The Kier molecular flexibility index (Phi) is 7.86. The molecule has 0 bridgehead atoms. The van der Waals surface area contributed by atoms with E-state index in [9.17, 15) is 23.4 Å². The lowest BCUT2D eigenvalue weighted by Gasteiger charge is -2.15. The highest BCUT2D eigenvalue weighted by Gasteiger charge is 2.37. The Hall–Kier alpha value is -1.67. The van der Waals surface area contributed by atoms with E-state index in [0.29, 0.717) is 14.8 Å². The quantitative estimate of drug-likeness (QED) is 0.375. The second-order valence-electron chi connectivity index (χ2n) is 7.82. The van der Waals surface area contributed by atoms with Gasteiger partial charge in [0.2, 0.25) is 5.78 Å². The van der Waals surface area contributed by atoms with Gasteiger partial charge in [-0.15, -0.1) is 11.3 Å². The van der Waals surface area contributed by atoms with Gasteiger partial charge in [0.15, 0.2) is 0 Å². The third-order valence-corrected chi connectivity index (χ3v) is 7.55. The summed E-state index contributed by atoms with van der Waals surface area (Å²) in [5.41, 5.74) is 0.684. The van der Waals surface area contributed by atoms with Crippen molar-refractivity contribution in [2.75, 3.05) is 12.4 Å². The van der Waals surface area contributed by atoms with Crippen LogP contribution in [0.4, 0.5) is 5.82 Å². The number of anilines is 1. The Morgan fingerprint density at radius 3 is 2.75 bits per heavy atom. The van der Waals surface area contributed by atoms with Gasteiger partial charge in [0.05, 0.1) is 27.0 Å². The molecule has 0 amide bonds. The number of ketones is 1. The fourth-order valence-electron chi connectivity index (χ4n) is 3.40. The second kappa shape index (κ2) is 10.1. The van der Waals surface area contributed by atoms with Crippen molar-refractivity contribution in [2.45, 2.75) is 51.0 Å². The Bertz CT molecular complexity index is 1080. The third-order valence-electron chi connectivity index (χ3n) is 5.16. The summed E-state index contributed by atoms with van der Waals surface area (Å²) in [5.74, 6) is -0.195. The summed E-state index contributed by atoms with van der Waals surface area (Å²) >= 11 is 7.32. The molecule has 0 spiro atoms. The minimum atomic E-state index is -3.95. The number of carbonyl (C=O) groups excluding carboxylic acids is 1. The minimum absolute atomic E-state index is 0.0713. The average Bonchev–Trinajstić information content (AvgIpc) is 3.29. The van der Waals surface area contributed by atoms with Crippen molar-refractivity contribution in [1.82, 2.24) is 14.7 Å². The molecule has 2 aromatic rings. The highest BCUT2D eigenvalue weighted by atomic mass is 35.5. The molecule has 4 atom stereocenters. The fourth-order valence-corrected chi connectivity index (χ4v) is 5.32. The van der Waals surface area contributed by atoms with Crippen LogP contribution in [-0.2, 0) is 14.5 Å². The molecular weight excluding hydrogens is 480 g/mol. The molecule has 2 aromatic heterocycles. The molecule has 1 saturated carbocycles. The van der Waals surface area contributed by atoms with Gasteiger partial charge in [0.1, 0.15) is 18.2 Å². The molecule has 0 unspecified atom stereocenters. The van der Waals surface area contributed by atoms with Crippen LogP contribution >= 0.6 is 22.9 Å². The van der Waals surface area contributed by atoms with Gasteiger partial charge in [0, 0.05) is 24.8 Å². The van der Waals surface area contributed by atoms with Gasteiger partial charge in [0.25, 0.3) is 0 Å². The molecule has 4 N–H and O–H groups in total. The number of hydrogen-bond acceptors (Lipinski definition) is 10. The van der Waals surface area contributed by atoms with E-state index in [-0.39, 0.29) is 42.0 Å². The van der Waals surface area contributed by atoms with Crippen molar-refractivity contribution >= 4 is 44.8 Å². The summed E-state index contributed by atoms with van der Waals surface area (Å²) in [7, 11) is -2.74. The molecule has 0 aromatic carbocycles. The topological polar surface area (TPSA) is 151 Å². The fraction of sp³-hybridized carbons (Fsp3) is 0.526. The maximum absolute atomic E-state index is 13.1. The minimum Gasteiger partial charge on any atom is -0.390 e. The number of nitrogens with one attached hydrogen (secondary N) is 2. The van der Waals surface area contributed by atoms with Gasteiger partial charge in [-0.05, 0) is 24.8 Å². The normalized spacial score (nSPS) is 22.3. The summed E-state index contributed by atoms with van der Waals surface area (Å²) in [6.45, 7) is 3.70. The molecule has 1 aliphatic rings. The monoisotopic (exact) mass is 504 g/mol. The number of aliphatic hydroxyl groups excluding tert-OH is 2. The molecule has 10 nitrogen and oxygen atoms in total. The number of carbonyl (C=O) groups is 1. The van der Waals surface area contributed by atoms with Crippen LogP contribution in [0.5, 0.6) is 0 Å². The highest BCUT2D eigenvalue weighted by molar-refractivity contribution is 7.84. The number of halogens is 1. The lowest BCUT2D eigenvalue weighted by molar-refractivity contribution is 0.0636. The van der Waals surface area contributed by atoms with Crippen molar-refractivity contribution < 1.29 is 27.6 Å². The van der Waals surface area contributed by atoms with E-state index in [1.165, 1.54) is 19.6 Å². The average molecular weight is 505 g/mol. The van der Waals surface area contributed by atoms with Crippen LogP contribution in [0.1, 0.15) is 53.6 Å². The van der Waals surface area contributed by atoms with Gasteiger partial charge in [-0.1, -0.05) is 25.4 Å². The van der Waals surface area contributed by atoms with Crippen molar-refractivity contribution in [3.63, 3.8) is 0 Å². The molecule has 32 heavy (non-hydrogen) atoms. The number of thiophene rings is 1. The van der Waals surface area contributed by atoms with Crippen LogP contribution in [0.3, 0.4) is 0 Å². The Labute approximate surface area is 195 Å². The lowest BCUT2D eigenvalue weighted by Crippen LogP contribution is -2.31. The lowest BCUT2D eigenvalue weighted by atomic mass is 10.0. The zero-order valence-corrected chi connectivity index (χ0v) is 20.0. The zero-order chi connectivity index (χ0) is 23.6. The van der Waals surface area contributed by atoms with Crippen LogP contribution in [-0.4, -0.2) is 59.7 Å². The van der Waals surface area contributed by atoms with Gasteiger partial charge in [-0.2, -0.15) is 13.1 Å². The van der Waals surface area contributed by atoms with Gasteiger partial charge < -0.3 is 15.5 Å². The summed E-state index contributed by atoms with van der Waals surface area (Å²) in [5, 5.41) is 23.6. The van der Waals surface area contributed by atoms with Crippen molar-refractivity contribution in [3.8, 4) is 0 Å². The molecule has 176 valence electrons. The van der Waals surface area contributed by atoms with E-state index in [2.05, 4.69) is 15.3 Å². The molecule has 1 aliphatic carbocycles. The SMILES string of the molecule is CNS(=O)(=O)O[C@@H]1C[C@H](Nc2ncncc2C(=O)c2cc([C@@H](O)C(C)C)c(Cl)s2)C[C@@H]1O.